The largest absolute Gasteiger partial charge is 0.266 e. The fourth-order valence-electron chi connectivity index (χ4n) is 1.02. The lowest BCUT2D eigenvalue weighted by atomic mass is 10.3. The van der Waals surface area contributed by atoms with Crippen LogP contribution in [0.2, 0.25) is 0 Å². The molecule has 4 nitrogen and oxygen atoms in total. The van der Waals surface area contributed by atoms with Crippen LogP contribution in [0.15, 0.2) is 39.0 Å². The second-order valence-electron chi connectivity index (χ2n) is 4.78. The molecule has 0 spiro atoms. The number of sulfonamides is 1. The molecule has 0 amide bonds. The quantitative estimate of drug-likeness (QED) is 0.831. The highest BCUT2D eigenvalue weighted by Gasteiger charge is 2.30. The van der Waals surface area contributed by atoms with E-state index in [1.807, 2.05) is 0 Å². The molecule has 1 atom stereocenters. The zero-order chi connectivity index (χ0) is 13.3. The van der Waals surface area contributed by atoms with Crippen LogP contribution in [0.3, 0.4) is 0 Å². The van der Waals surface area contributed by atoms with E-state index in [9.17, 15) is 12.6 Å². The lowest BCUT2D eigenvalue weighted by Gasteiger charge is -2.16. The van der Waals surface area contributed by atoms with E-state index >= 15 is 0 Å². The van der Waals surface area contributed by atoms with Crippen LogP contribution in [-0.4, -0.2) is 23.6 Å². The highest BCUT2D eigenvalue weighted by atomic mass is 32.3. The molecule has 0 aliphatic rings. The molecule has 0 aliphatic carbocycles. The van der Waals surface area contributed by atoms with Gasteiger partial charge in [0.05, 0.1) is 14.5 Å². The summed E-state index contributed by atoms with van der Waals surface area (Å²) in [6.07, 6.45) is 1.34. The highest BCUT2D eigenvalue weighted by molar-refractivity contribution is 8.03. The third kappa shape index (κ3) is 3.29. The monoisotopic (exact) mass is 275 g/mol. The summed E-state index contributed by atoms with van der Waals surface area (Å²) in [5, 5.41) is 0. The first kappa shape index (κ1) is 14.2. The minimum atomic E-state index is -3.75. The van der Waals surface area contributed by atoms with Gasteiger partial charge in [-0.1, -0.05) is 18.2 Å². The molecule has 1 aromatic rings. The Balaban J connectivity index is 3.40. The number of hydrogen-bond donors (Lipinski definition) is 0. The molecule has 0 aliphatic heterocycles. The third-order valence-electron chi connectivity index (χ3n) is 2.19. The smallest absolute Gasteiger partial charge is 0.244 e. The molecular formula is C11H17NO3S2. The van der Waals surface area contributed by atoms with Gasteiger partial charge in [0.2, 0.25) is 0 Å². The molecule has 0 heterocycles. The van der Waals surface area contributed by atoms with Gasteiger partial charge in [0, 0.05) is 11.2 Å². The van der Waals surface area contributed by atoms with Crippen LogP contribution in [0, 0.1) is 0 Å². The number of benzene rings is 1. The molecule has 17 heavy (non-hydrogen) atoms. The Kier molecular flexibility index (Phi) is 3.69. The Morgan fingerprint density at radius 2 is 1.47 bits per heavy atom. The normalized spacial score (nSPS) is 16.2. The summed E-state index contributed by atoms with van der Waals surface area (Å²) in [5.41, 5.74) is 0. The first-order valence-electron chi connectivity index (χ1n) is 5.09. The molecule has 0 saturated carbocycles. The van der Waals surface area contributed by atoms with Crippen LogP contribution in [0.25, 0.3) is 0 Å². The summed E-state index contributed by atoms with van der Waals surface area (Å²) >= 11 is 0. The predicted octanol–water partition coefficient (Wildman–Crippen LogP) is 2.27. The zero-order valence-electron chi connectivity index (χ0n) is 10.4. The molecule has 0 N–H and O–H groups in total. The van der Waals surface area contributed by atoms with Crippen LogP contribution in [0.5, 0.6) is 0 Å². The number of rotatable bonds is 2. The molecular weight excluding hydrogens is 258 g/mol. The summed E-state index contributed by atoms with van der Waals surface area (Å²) in [6, 6.07) is 8.42. The molecule has 1 unspecified atom stereocenters. The topological polar surface area (TPSA) is 63.6 Å². The van der Waals surface area contributed by atoms with Gasteiger partial charge in [0.25, 0.3) is 10.0 Å². The van der Waals surface area contributed by atoms with E-state index in [2.05, 4.69) is 3.77 Å². The van der Waals surface area contributed by atoms with Crippen molar-refractivity contribution in [3.8, 4) is 0 Å². The summed E-state index contributed by atoms with van der Waals surface area (Å²) in [4.78, 5) is 0.424. The van der Waals surface area contributed by atoms with E-state index in [1.54, 1.807) is 30.3 Å². The van der Waals surface area contributed by atoms with Crippen molar-refractivity contribution in [2.45, 2.75) is 30.4 Å². The van der Waals surface area contributed by atoms with E-state index in [-0.39, 0.29) is 0 Å². The van der Waals surface area contributed by atoms with Gasteiger partial charge in [-0.2, -0.15) is 0 Å². The average Bonchev–Trinajstić information content (AvgIpc) is 2.15. The van der Waals surface area contributed by atoms with Crippen molar-refractivity contribution in [1.82, 2.24) is 0 Å². The zero-order valence-corrected chi connectivity index (χ0v) is 12.0. The van der Waals surface area contributed by atoms with Gasteiger partial charge in [0.15, 0.2) is 0 Å². The fourth-order valence-corrected chi connectivity index (χ4v) is 4.41. The van der Waals surface area contributed by atoms with Gasteiger partial charge in [-0.15, -0.1) is 3.77 Å². The second-order valence-corrected chi connectivity index (χ2v) is 9.63. The van der Waals surface area contributed by atoms with Crippen molar-refractivity contribution >= 4 is 19.8 Å². The molecule has 0 radical (unpaired) electrons. The van der Waals surface area contributed by atoms with Crippen LogP contribution in [-0.2, 0) is 19.8 Å². The first-order chi connectivity index (χ1) is 7.56. The van der Waals surface area contributed by atoms with Crippen LogP contribution in [0.1, 0.15) is 20.8 Å². The SMILES string of the molecule is CC(C)(C)S(=O)(=O)N=S(C)(=O)c1ccccc1. The van der Waals surface area contributed by atoms with Gasteiger partial charge < -0.3 is 0 Å². The van der Waals surface area contributed by atoms with E-state index in [4.69, 9.17) is 0 Å². The van der Waals surface area contributed by atoms with Crippen LogP contribution in [0.4, 0.5) is 0 Å². The number of nitrogens with zero attached hydrogens (tertiary/aromatic N) is 1. The Bertz CT molecular complexity index is 604. The maximum absolute atomic E-state index is 12.3. The summed E-state index contributed by atoms with van der Waals surface area (Å²) in [5.74, 6) is 0. The highest BCUT2D eigenvalue weighted by Crippen LogP contribution is 2.21. The maximum Gasteiger partial charge on any atom is 0.266 e. The van der Waals surface area contributed by atoms with Crippen molar-refractivity contribution in [2.24, 2.45) is 3.77 Å². The van der Waals surface area contributed by atoms with Crippen LogP contribution >= 0.6 is 0 Å². The molecule has 0 fully saturated rings. The Morgan fingerprint density at radius 1 is 1.00 bits per heavy atom. The lowest BCUT2D eigenvalue weighted by molar-refractivity contribution is 0.562. The van der Waals surface area contributed by atoms with Gasteiger partial charge in [-0.05, 0) is 32.9 Å². The van der Waals surface area contributed by atoms with Crippen LogP contribution < -0.4 is 0 Å². The Morgan fingerprint density at radius 3 is 1.88 bits per heavy atom. The molecule has 6 heteroatoms. The van der Waals surface area contributed by atoms with Gasteiger partial charge in [-0.25, -0.2) is 12.6 Å². The summed E-state index contributed by atoms with van der Waals surface area (Å²) < 4.78 is 38.6. The molecule has 1 aromatic carbocycles. The van der Waals surface area contributed by atoms with Gasteiger partial charge >= 0.3 is 0 Å². The fraction of sp³-hybridized carbons (Fsp3) is 0.455. The number of hydrogen-bond acceptors (Lipinski definition) is 3. The minimum Gasteiger partial charge on any atom is -0.244 e. The summed E-state index contributed by atoms with van der Waals surface area (Å²) in [7, 11) is -6.67. The van der Waals surface area contributed by atoms with Crippen molar-refractivity contribution in [1.29, 1.82) is 0 Å². The standard InChI is InChI=1S/C11H17NO3S2/c1-11(2,3)17(14,15)12-16(4,13)10-8-6-5-7-9-10/h5-9H,1-4H3. The molecule has 1 rings (SSSR count). The average molecular weight is 275 g/mol. The Labute approximate surface area is 103 Å². The second kappa shape index (κ2) is 4.42. The summed E-state index contributed by atoms with van der Waals surface area (Å²) in [6.45, 7) is 4.60. The van der Waals surface area contributed by atoms with Gasteiger partial charge in [-0.3, -0.25) is 0 Å². The van der Waals surface area contributed by atoms with E-state index in [1.165, 1.54) is 27.0 Å². The molecule has 0 bridgehead atoms. The molecule has 0 aromatic heterocycles. The van der Waals surface area contributed by atoms with E-state index in [0.29, 0.717) is 4.90 Å². The first-order valence-corrected chi connectivity index (χ1v) is 8.46. The molecule has 0 saturated heterocycles. The lowest BCUT2D eigenvalue weighted by Crippen LogP contribution is -2.26. The minimum absolute atomic E-state index is 0.424. The molecule has 96 valence electrons. The van der Waals surface area contributed by atoms with Crippen molar-refractivity contribution in [3.05, 3.63) is 30.3 Å². The van der Waals surface area contributed by atoms with Crippen molar-refractivity contribution in [3.63, 3.8) is 0 Å². The van der Waals surface area contributed by atoms with E-state index < -0.39 is 24.5 Å². The predicted molar refractivity (Wildman–Crippen MR) is 69.9 cm³/mol. The van der Waals surface area contributed by atoms with Crippen molar-refractivity contribution < 1.29 is 12.6 Å². The Hall–Kier alpha value is -0.880. The van der Waals surface area contributed by atoms with E-state index in [0.717, 1.165) is 0 Å². The van der Waals surface area contributed by atoms with Gasteiger partial charge in [0.1, 0.15) is 0 Å². The third-order valence-corrected chi connectivity index (χ3v) is 6.81. The van der Waals surface area contributed by atoms with Crippen molar-refractivity contribution in [2.75, 3.05) is 6.26 Å². The maximum atomic E-state index is 12.3.